The molecule has 0 amide bonds. The predicted molar refractivity (Wildman–Crippen MR) is 132 cm³/mol. The number of rotatable bonds is 12. The Balaban J connectivity index is 1.84. The topological polar surface area (TPSA) is 96.7 Å². The van der Waals surface area contributed by atoms with Crippen LogP contribution in [0.15, 0.2) is 48.5 Å². The van der Waals surface area contributed by atoms with Crippen LogP contribution in [0, 0.1) is 18.3 Å². The van der Waals surface area contributed by atoms with Gasteiger partial charge in [-0.3, -0.25) is 4.79 Å². The first kappa shape index (κ1) is 24.7. The van der Waals surface area contributed by atoms with E-state index in [2.05, 4.69) is 16.5 Å². The summed E-state index contributed by atoms with van der Waals surface area (Å²) in [6.45, 7) is 3.96. The summed E-state index contributed by atoms with van der Waals surface area (Å²) in [6.07, 6.45) is 5.56. The minimum absolute atomic E-state index is 0.162. The summed E-state index contributed by atoms with van der Waals surface area (Å²) in [5.74, 6) is -0.264. The Hall–Kier alpha value is -2.98. The summed E-state index contributed by atoms with van der Waals surface area (Å²) in [6, 6.07) is 16.7. The molecule has 3 N–H and O–H groups in total. The second-order valence-corrected chi connectivity index (χ2v) is 8.54. The predicted octanol–water partition coefficient (Wildman–Crippen LogP) is 4.94. The van der Waals surface area contributed by atoms with E-state index in [4.69, 9.17) is 17.3 Å². The average molecular weight is 464 g/mol. The summed E-state index contributed by atoms with van der Waals surface area (Å²) in [5, 5.41) is 18.6. The number of nitrogens with zero attached hydrogens (tertiary/aromatic N) is 3. The molecule has 0 fully saturated rings. The molecule has 0 spiro atoms. The van der Waals surface area contributed by atoms with Crippen LogP contribution in [-0.4, -0.2) is 28.7 Å². The molecule has 33 heavy (non-hydrogen) atoms. The number of aromatic nitrogens is 2. The van der Waals surface area contributed by atoms with Gasteiger partial charge < -0.3 is 11.1 Å². The quantitative estimate of drug-likeness (QED) is 0.293. The molecule has 2 aromatic carbocycles. The van der Waals surface area contributed by atoms with Crippen molar-refractivity contribution in [3.8, 4) is 11.8 Å². The fourth-order valence-electron chi connectivity index (χ4n) is 3.66. The van der Waals surface area contributed by atoms with Gasteiger partial charge in [0.15, 0.2) is 5.69 Å². The molecule has 0 bridgehead atoms. The summed E-state index contributed by atoms with van der Waals surface area (Å²) in [5.41, 5.74) is 8.98. The lowest BCUT2D eigenvalue weighted by atomic mass is 10.0. The van der Waals surface area contributed by atoms with Crippen molar-refractivity contribution >= 4 is 17.4 Å². The van der Waals surface area contributed by atoms with Crippen LogP contribution in [0.3, 0.4) is 0 Å². The van der Waals surface area contributed by atoms with Crippen LogP contribution in [0.25, 0.3) is 5.69 Å². The first-order valence-corrected chi connectivity index (χ1v) is 11.7. The standard InChI is InChI=1S/C26H30ClN5O/c1-19-7-9-20(10-8-19)26(33)25-23(17-29)24(18-30-16-6-4-2-3-5-15-28)32(31-25)22-13-11-21(27)12-14-22/h7-14,30H,2-6,15-16,18,28H2,1H3. The number of hydrogen-bond donors (Lipinski definition) is 2. The van der Waals surface area contributed by atoms with Crippen LogP contribution in [0.1, 0.15) is 65.0 Å². The molecular formula is C26H30ClN5O. The van der Waals surface area contributed by atoms with E-state index in [0.717, 1.165) is 50.0 Å². The second-order valence-electron chi connectivity index (χ2n) is 8.10. The minimum atomic E-state index is -0.264. The maximum atomic E-state index is 13.2. The molecule has 3 rings (SSSR count). The van der Waals surface area contributed by atoms with Gasteiger partial charge in [0.25, 0.3) is 0 Å². The maximum Gasteiger partial charge on any atom is 0.214 e. The summed E-state index contributed by atoms with van der Waals surface area (Å²) < 4.78 is 1.67. The zero-order valence-corrected chi connectivity index (χ0v) is 19.7. The molecule has 0 aliphatic carbocycles. The fourth-order valence-corrected chi connectivity index (χ4v) is 3.79. The Morgan fingerprint density at radius 1 is 1.06 bits per heavy atom. The normalized spacial score (nSPS) is 10.8. The van der Waals surface area contributed by atoms with Gasteiger partial charge in [-0.25, -0.2) is 4.68 Å². The lowest BCUT2D eigenvalue weighted by Crippen LogP contribution is -2.18. The average Bonchev–Trinajstić information content (AvgIpc) is 3.19. The number of carbonyl (C=O) groups excluding carboxylic acids is 1. The SMILES string of the molecule is Cc1ccc(C(=O)c2nn(-c3ccc(Cl)cc3)c(CNCCCCCCCN)c2C#N)cc1. The zero-order chi connectivity index (χ0) is 23.6. The highest BCUT2D eigenvalue weighted by atomic mass is 35.5. The molecule has 1 aromatic heterocycles. The Morgan fingerprint density at radius 3 is 2.39 bits per heavy atom. The first-order chi connectivity index (χ1) is 16.0. The molecule has 0 atom stereocenters. The van der Waals surface area contributed by atoms with Crippen LogP contribution < -0.4 is 11.1 Å². The van der Waals surface area contributed by atoms with Gasteiger partial charge in [0, 0.05) is 17.1 Å². The molecule has 3 aromatic rings. The number of unbranched alkanes of at least 4 members (excludes halogenated alkanes) is 4. The number of benzene rings is 2. The van der Waals surface area contributed by atoms with Crippen molar-refractivity contribution in [2.45, 2.75) is 45.6 Å². The third kappa shape index (κ3) is 6.52. The molecule has 0 saturated heterocycles. The third-order valence-electron chi connectivity index (χ3n) is 5.54. The Kier molecular flexibility index (Phi) is 9.20. The number of hydrogen-bond acceptors (Lipinski definition) is 5. The van der Waals surface area contributed by atoms with Gasteiger partial charge in [-0.2, -0.15) is 10.4 Å². The molecule has 7 heteroatoms. The Morgan fingerprint density at radius 2 is 1.73 bits per heavy atom. The van der Waals surface area contributed by atoms with Crippen LogP contribution in [0.5, 0.6) is 0 Å². The van der Waals surface area contributed by atoms with E-state index in [9.17, 15) is 10.1 Å². The van der Waals surface area contributed by atoms with Crippen molar-refractivity contribution < 1.29 is 4.79 Å². The van der Waals surface area contributed by atoms with Crippen molar-refractivity contribution in [1.29, 1.82) is 5.26 Å². The monoisotopic (exact) mass is 463 g/mol. The molecule has 6 nitrogen and oxygen atoms in total. The van der Waals surface area contributed by atoms with Crippen molar-refractivity contribution in [2.75, 3.05) is 13.1 Å². The number of nitriles is 1. The van der Waals surface area contributed by atoms with Gasteiger partial charge in [0.05, 0.1) is 11.4 Å². The Labute approximate surface area is 200 Å². The van der Waals surface area contributed by atoms with Gasteiger partial charge in [-0.1, -0.05) is 60.7 Å². The van der Waals surface area contributed by atoms with Crippen molar-refractivity contribution in [3.05, 3.63) is 81.6 Å². The number of carbonyl (C=O) groups is 1. The fraction of sp³-hybridized carbons (Fsp3) is 0.346. The minimum Gasteiger partial charge on any atom is -0.330 e. The van der Waals surface area contributed by atoms with E-state index in [0.29, 0.717) is 28.4 Å². The second kappa shape index (κ2) is 12.3. The number of aryl methyl sites for hydroxylation is 1. The zero-order valence-electron chi connectivity index (χ0n) is 19.0. The van der Waals surface area contributed by atoms with Crippen molar-refractivity contribution in [3.63, 3.8) is 0 Å². The van der Waals surface area contributed by atoms with E-state index in [1.807, 2.05) is 31.2 Å². The lowest BCUT2D eigenvalue weighted by molar-refractivity contribution is 0.103. The molecule has 172 valence electrons. The van der Waals surface area contributed by atoms with E-state index < -0.39 is 0 Å². The Bertz CT molecular complexity index is 1100. The van der Waals surface area contributed by atoms with E-state index in [1.165, 1.54) is 6.42 Å². The van der Waals surface area contributed by atoms with Gasteiger partial charge in [0.1, 0.15) is 11.6 Å². The van der Waals surface area contributed by atoms with Gasteiger partial charge >= 0.3 is 0 Å². The van der Waals surface area contributed by atoms with Crippen LogP contribution in [0.2, 0.25) is 5.02 Å². The van der Waals surface area contributed by atoms with E-state index in [1.54, 1.807) is 28.9 Å². The molecule has 1 heterocycles. The van der Waals surface area contributed by atoms with Crippen molar-refractivity contribution in [2.24, 2.45) is 5.73 Å². The van der Waals surface area contributed by atoms with Crippen LogP contribution in [-0.2, 0) is 6.54 Å². The molecule has 0 saturated carbocycles. The highest BCUT2D eigenvalue weighted by Gasteiger charge is 2.24. The maximum absolute atomic E-state index is 13.2. The van der Waals surface area contributed by atoms with Crippen LogP contribution >= 0.6 is 11.6 Å². The van der Waals surface area contributed by atoms with Gasteiger partial charge in [0.2, 0.25) is 5.78 Å². The van der Waals surface area contributed by atoms with E-state index >= 15 is 0 Å². The molecule has 0 aliphatic heterocycles. The van der Waals surface area contributed by atoms with E-state index in [-0.39, 0.29) is 11.5 Å². The first-order valence-electron chi connectivity index (χ1n) is 11.3. The molecule has 0 unspecified atom stereocenters. The summed E-state index contributed by atoms with van der Waals surface area (Å²) >= 11 is 6.05. The smallest absolute Gasteiger partial charge is 0.214 e. The number of halogens is 1. The number of nitrogens with two attached hydrogens (primary N) is 1. The molecule has 0 radical (unpaired) electrons. The highest BCUT2D eigenvalue weighted by Crippen LogP contribution is 2.22. The number of ketones is 1. The molecular weight excluding hydrogens is 434 g/mol. The van der Waals surface area contributed by atoms with Gasteiger partial charge in [-0.15, -0.1) is 0 Å². The molecule has 0 aliphatic rings. The lowest BCUT2D eigenvalue weighted by Gasteiger charge is -2.09. The highest BCUT2D eigenvalue weighted by molar-refractivity contribution is 6.30. The summed E-state index contributed by atoms with van der Waals surface area (Å²) in [4.78, 5) is 13.2. The van der Waals surface area contributed by atoms with Gasteiger partial charge in [-0.05, 0) is 57.1 Å². The third-order valence-corrected chi connectivity index (χ3v) is 5.79. The number of nitrogens with one attached hydrogen (secondary N) is 1. The largest absolute Gasteiger partial charge is 0.330 e. The van der Waals surface area contributed by atoms with Crippen molar-refractivity contribution in [1.82, 2.24) is 15.1 Å². The van der Waals surface area contributed by atoms with Crippen LogP contribution in [0.4, 0.5) is 0 Å². The summed E-state index contributed by atoms with van der Waals surface area (Å²) in [7, 11) is 0.